The number of nitrogens with one attached hydrogen (secondary N) is 1. The van der Waals surface area contributed by atoms with E-state index in [1.165, 1.54) is 19.3 Å². The van der Waals surface area contributed by atoms with Crippen LogP contribution in [-0.4, -0.2) is 52.9 Å². The molecule has 1 N–H and O–H groups in total. The van der Waals surface area contributed by atoms with E-state index in [0.29, 0.717) is 44.8 Å². The number of rotatable bonds is 4. The van der Waals surface area contributed by atoms with E-state index in [4.69, 9.17) is 4.74 Å². The fourth-order valence-electron chi connectivity index (χ4n) is 3.58. The van der Waals surface area contributed by atoms with Crippen LogP contribution in [0.15, 0.2) is 12.4 Å². The van der Waals surface area contributed by atoms with E-state index in [1.807, 2.05) is 17.3 Å². The largest absolute Gasteiger partial charge is 0.379 e. The van der Waals surface area contributed by atoms with Crippen LogP contribution >= 0.6 is 0 Å². The third kappa shape index (κ3) is 4.05. The van der Waals surface area contributed by atoms with Gasteiger partial charge in [-0.05, 0) is 18.3 Å². The summed E-state index contributed by atoms with van der Waals surface area (Å²) < 4.78 is 7.01. The molecular formula is C17H28N4O2. The van der Waals surface area contributed by atoms with E-state index in [-0.39, 0.29) is 5.91 Å². The van der Waals surface area contributed by atoms with Gasteiger partial charge in [-0.2, -0.15) is 5.10 Å². The molecule has 1 saturated heterocycles. The summed E-state index contributed by atoms with van der Waals surface area (Å²) in [4.78, 5) is 14.1. The summed E-state index contributed by atoms with van der Waals surface area (Å²) in [5.74, 6) is 1.55. The molecule has 0 unspecified atom stereocenters. The van der Waals surface area contributed by atoms with E-state index in [2.05, 4.69) is 24.3 Å². The zero-order valence-electron chi connectivity index (χ0n) is 14.2. The number of carbonyl (C=O) groups excluding carboxylic acids is 1. The topological polar surface area (TPSA) is 59.4 Å². The molecule has 0 spiro atoms. The molecule has 1 aliphatic carbocycles. The van der Waals surface area contributed by atoms with Gasteiger partial charge in [-0.3, -0.25) is 9.48 Å². The summed E-state index contributed by atoms with van der Waals surface area (Å²) in [6.07, 6.45) is 7.60. The monoisotopic (exact) mass is 320 g/mol. The first-order chi connectivity index (χ1) is 11.1. The molecule has 1 amide bonds. The fraction of sp³-hybridized carbons (Fsp3) is 0.765. The molecule has 0 aromatic carbocycles. The van der Waals surface area contributed by atoms with Crippen molar-refractivity contribution in [1.29, 1.82) is 0 Å². The average molecular weight is 320 g/mol. The Bertz CT molecular complexity index is 524. The number of hydrogen-bond acceptors (Lipinski definition) is 4. The standard InChI is InChI=1S/C17H28N4O2/c1-13-4-3-5-16(14(13)2)19-15-10-18-21(11-15)12-17(22)20-6-8-23-9-7-20/h10-11,13-14,16,19H,3-9,12H2,1-2H3/t13-,14-,16-/m1/s1. The first-order valence-corrected chi connectivity index (χ1v) is 8.78. The number of hydrogen-bond donors (Lipinski definition) is 1. The van der Waals surface area contributed by atoms with Crippen molar-refractivity contribution >= 4 is 11.6 Å². The number of amides is 1. The highest BCUT2D eigenvalue weighted by Crippen LogP contribution is 2.31. The molecule has 6 nitrogen and oxygen atoms in total. The Hall–Kier alpha value is -1.56. The lowest BCUT2D eigenvalue weighted by Gasteiger charge is -2.34. The van der Waals surface area contributed by atoms with Crippen molar-refractivity contribution in [3.8, 4) is 0 Å². The summed E-state index contributed by atoms with van der Waals surface area (Å²) in [5, 5.41) is 7.94. The van der Waals surface area contributed by atoms with Crippen LogP contribution in [0.3, 0.4) is 0 Å². The van der Waals surface area contributed by atoms with E-state index < -0.39 is 0 Å². The fourth-order valence-corrected chi connectivity index (χ4v) is 3.58. The zero-order chi connectivity index (χ0) is 16.2. The number of morpholine rings is 1. The summed E-state index contributed by atoms with van der Waals surface area (Å²) in [6.45, 7) is 7.60. The van der Waals surface area contributed by atoms with Crippen molar-refractivity contribution in [2.24, 2.45) is 11.8 Å². The van der Waals surface area contributed by atoms with Crippen LogP contribution < -0.4 is 5.32 Å². The number of nitrogens with zero attached hydrogens (tertiary/aromatic N) is 3. The van der Waals surface area contributed by atoms with Crippen LogP contribution in [0.5, 0.6) is 0 Å². The molecule has 128 valence electrons. The SMILES string of the molecule is C[C@@H]1[C@H](C)CCC[C@H]1Nc1cnn(CC(=O)N2CCOCC2)c1. The van der Waals surface area contributed by atoms with Gasteiger partial charge >= 0.3 is 0 Å². The first kappa shape index (κ1) is 16.3. The van der Waals surface area contributed by atoms with Gasteiger partial charge < -0.3 is 15.0 Å². The van der Waals surface area contributed by atoms with Crippen molar-refractivity contribution in [1.82, 2.24) is 14.7 Å². The number of anilines is 1. The smallest absolute Gasteiger partial charge is 0.244 e. The Morgan fingerprint density at radius 3 is 2.91 bits per heavy atom. The molecule has 1 aliphatic heterocycles. The number of aromatic nitrogens is 2. The molecule has 0 radical (unpaired) electrons. The molecular weight excluding hydrogens is 292 g/mol. The normalized spacial score (nSPS) is 28.6. The Kier molecular flexibility index (Phi) is 5.20. The van der Waals surface area contributed by atoms with Gasteiger partial charge in [0.25, 0.3) is 0 Å². The number of carbonyl (C=O) groups is 1. The molecule has 1 saturated carbocycles. The van der Waals surface area contributed by atoms with Gasteiger partial charge in [0.15, 0.2) is 0 Å². The van der Waals surface area contributed by atoms with Crippen LogP contribution in [0.1, 0.15) is 33.1 Å². The van der Waals surface area contributed by atoms with E-state index in [1.54, 1.807) is 4.68 Å². The van der Waals surface area contributed by atoms with Gasteiger partial charge in [0.2, 0.25) is 5.91 Å². The summed E-state index contributed by atoms with van der Waals surface area (Å²) in [6, 6.07) is 0.506. The molecule has 2 aliphatic rings. The van der Waals surface area contributed by atoms with Gasteiger partial charge in [-0.15, -0.1) is 0 Å². The molecule has 0 bridgehead atoms. The predicted octanol–water partition coefficient (Wildman–Crippen LogP) is 1.98. The van der Waals surface area contributed by atoms with Gasteiger partial charge in [-0.1, -0.05) is 26.7 Å². The maximum atomic E-state index is 12.3. The molecule has 1 aromatic heterocycles. The highest BCUT2D eigenvalue weighted by molar-refractivity contribution is 5.76. The lowest BCUT2D eigenvalue weighted by molar-refractivity contribution is -0.136. The summed E-state index contributed by atoms with van der Waals surface area (Å²) in [5.41, 5.74) is 1.02. The minimum atomic E-state index is 0.114. The molecule has 2 fully saturated rings. The zero-order valence-corrected chi connectivity index (χ0v) is 14.2. The average Bonchev–Trinajstić information content (AvgIpc) is 3.00. The predicted molar refractivity (Wildman–Crippen MR) is 89.2 cm³/mol. The van der Waals surface area contributed by atoms with Crippen molar-refractivity contribution < 1.29 is 9.53 Å². The van der Waals surface area contributed by atoms with Gasteiger partial charge in [0.05, 0.1) is 25.1 Å². The Morgan fingerprint density at radius 2 is 2.13 bits per heavy atom. The Labute approximate surface area is 138 Å². The highest BCUT2D eigenvalue weighted by Gasteiger charge is 2.27. The van der Waals surface area contributed by atoms with Crippen LogP contribution in [0.25, 0.3) is 0 Å². The van der Waals surface area contributed by atoms with Gasteiger partial charge in [0, 0.05) is 25.3 Å². The first-order valence-electron chi connectivity index (χ1n) is 8.78. The Morgan fingerprint density at radius 1 is 1.35 bits per heavy atom. The molecule has 2 heterocycles. The van der Waals surface area contributed by atoms with E-state index >= 15 is 0 Å². The molecule has 3 atom stereocenters. The second kappa shape index (κ2) is 7.34. The lowest BCUT2D eigenvalue weighted by Crippen LogP contribution is -2.42. The van der Waals surface area contributed by atoms with E-state index in [0.717, 1.165) is 11.6 Å². The second-order valence-corrected chi connectivity index (χ2v) is 6.94. The van der Waals surface area contributed by atoms with Crippen LogP contribution in [-0.2, 0) is 16.1 Å². The molecule has 1 aromatic rings. The van der Waals surface area contributed by atoms with Crippen LogP contribution in [0, 0.1) is 11.8 Å². The quantitative estimate of drug-likeness (QED) is 0.921. The van der Waals surface area contributed by atoms with Crippen molar-refractivity contribution in [3.63, 3.8) is 0 Å². The van der Waals surface area contributed by atoms with Crippen molar-refractivity contribution in [3.05, 3.63) is 12.4 Å². The maximum absolute atomic E-state index is 12.3. The summed E-state index contributed by atoms with van der Waals surface area (Å²) in [7, 11) is 0. The molecule has 23 heavy (non-hydrogen) atoms. The number of ether oxygens (including phenoxy) is 1. The van der Waals surface area contributed by atoms with Gasteiger partial charge in [0.1, 0.15) is 6.54 Å². The van der Waals surface area contributed by atoms with Gasteiger partial charge in [-0.25, -0.2) is 0 Å². The third-order valence-electron chi connectivity index (χ3n) is 5.35. The Balaban J connectivity index is 1.54. The summed E-state index contributed by atoms with van der Waals surface area (Å²) >= 11 is 0. The minimum Gasteiger partial charge on any atom is -0.379 e. The second-order valence-electron chi connectivity index (χ2n) is 6.94. The highest BCUT2D eigenvalue weighted by atomic mass is 16.5. The van der Waals surface area contributed by atoms with Crippen LogP contribution in [0.4, 0.5) is 5.69 Å². The van der Waals surface area contributed by atoms with E-state index in [9.17, 15) is 4.79 Å². The minimum absolute atomic E-state index is 0.114. The third-order valence-corrected chi connectivity index (χ3v) is 5.35. The maximum Gasteiger partial charge on any atom is 0.244 e. The van der Waals surface area contributed by atoms with Crippen LogP contribution in [0.2, 0.25) is 0 Å². The lowest BCUT2D eigenvalue weighted by atomic mass is 9.78. The van der Waals surface area contributed by atoms with Crippen molar-refractivity contribution in [2.45, 2.75) is 45.7 Å². The van der Waals surface area contributed by atoms with Crippen molar-refractivity contribution in [2.75, 3.05) is 31.6 Å². The molecule has 6 heteroatoms. The molecule has 3 rings (SSSR count).